The summed E-state index contributed by atoms with van der Waals surface area (Å²) in [5.41, 5.74) is 0.812. The van der Waals surface area contributed by atoms with Crippen molar-refractivity contribution in [1.82, 2.24) is 4.90 Å². The van der Waals surface area contributed by atoms with Crippen LogP contribution in [0.5, 0.6) is 11.5 Å². The van der Waals surface area contributed by atoms with Crippen molar-refractivity contribution >= 4 is 24.2 Å². The second-order valence-corrected chi connectivity index (χ2v) is 4.60. The van der Waals surface area contributed by atoms with Gasteiger partial charge in [-0.2, -0.15) is 12.6 Å². The van der Waals surface area contributed by atoms with E-state index >= 15 is 0 Å². The zero-order valence-corrected chi connectivity index (χ0v) is 11.4. The number of hydrogen-bond acceptors (Lipinski definition) is 5. The van der Waals surface area contributed by atoms with Gasteiger partial charge in [-0.1, -0.05) is 0 Å². The molecule has 0 spiro atoms. The van der Waals surface area contributed by atoms with Crippen LogP contribution in [0.25, 0.3) is 0 Å². The van der Waals surface area contributed by atoms with E-state index in [9.17, 15) is 15.0 Å². The van der Waals surface area contributed by atoms with Gasteiger partial charge < -0.3 is 20.4 Å². The minimum atomic E-state index is -0.347. The smallest absolute Gasteiger partial charge is 0.221 e. The molecule has 5 nitrogen and oxygen atoms in total. The van der Waals surface area contributed by atoms with Gasteiger partial charge >= 0.3 is 0 Å². The molecule has 1 aromatic carbocycles. The highest BCUT2D eigenvalue weighted by molar-refractivity contribution is 7.80. The average molecular weight is 270 g/mol. The van der Waals surface area contributed by atoms with Gasteiger partial charge in [-0.25, -0.2) is 0 Å². The molecule has 100 valence electrons. The molecule has 1 rings (SSSR count). The lowest BCUT2D eigenvalue weighted by molar-refractivity contribution is -0.114. The Morgan fingerprint density at radius 3 is 2.39 bits per heavy atom. The molecule has 0 aliphatic heterocycles. The van der Waals surface area contributed by atoms with Gasteiger partial charge in [-0.05, 0) is 24.7 Å². The first-order chi connectivity index (χ1) is 8.43. The molecule has 0 atom stereocenters. The van der Waals surface area contributed by atoms with E-state index in [4.69, 9.17) is 0 Å². The Labute approximate surface area is 112 Å². The van der Waals surface area contributed by atoms with E-state index in [2.05, 4.69) is 17.9 Å². The highest BCUT2D eigenvalue weighted by atomic mass is 32.1. The number of carbonyl (C=O) groups is 1. The van der Waals surface area contributed by atoms with Crippen LogP contribution in [0.2, 0.25) is 0 Å². The van der Waals surface area contributed by atoms with Gasteiger partial charge in [0.1, 0.15) is 17.2 Å². The van der Waals surface area contributed by atoms with Crippen LogP contribution >= 0.6 is 12.6 Å². The quantitative estimate of drug-likeness (QED) is 0.482. The second-order valence-electron chi connectivity index (χ2n) is 4.15. The zero-order valence-electron chi connectivity index (χ0n) is 10.5. The number of nitrogens with one attached hydrogen (secondary N) is 1. The van der Waals surface area contributed by atoms with Crippen LogP contribution in [0, 0.1) is 0 Å². The molecular weight excluding hydrogens is 252 g/mol. The molecule has 18 heavy (non-hydrogen) atoms. The molecule has 0 aliphatic rings. The number of amides is 1. The van der Waals surface area contributed by atoms with E-state index in [1.807, 2.05) is 11.9 Å². The van der Waals surface area contributed by atoms with Gasteiger partial charge in [-0.3, -0.25) is 4.79 Å². The van der Waals surface area contributed by atoms with Crippen LogP contribution in [0.15, 0.2) is 12.1 Å². The van der Waals surface area contributed by atoms with E-state index in [0.29, 0.717) is 6.54 Å². The Morgan fingerprint density at radius 2 is 1.94 bits per heavy atom. The fraction of sp³-hybridized carbons (Fsp3) is 0.417. The van der Waals surface area contributed by atoms with Crippen molar-refractivity contribution in [1.29, 1.82) is 0 Å². The number of aromatic hydroxyl groups is 2. The van der Waals surface area contributed by atoms with Gasteiger partial charge in [0.05, 0.1) is 0 Å². The molecular formula is C12H18N2O3S. The minimum absolute atomic E-state index is 0.0445. The molecule has 3 N–H and O–H groups in total. The number of benzene rings is 1. The van der Waals surface area contributed by atoms with Crippen molar-refractivity contribution in [2.75, 3.05) is 24.7 Å². The normalized spacial score (nSPS) is 10.7. The fourth-order valence-corrected chi connectivity index (χ4v) is 1.97. The van der Waals surface area contributed by atoms with E-state index in [1.54, 1.807) is 0 Å². The number of phenols is 2. The molecule has 0 radical (unpaired) electrons. The number of hydrogen-bond donors (Lipinski definition) is 4. The molecule has 0 saturated carbocycles. The minimum Gasteiger partial charge on any atom is -0.506 e. The molecule has 6 heteroatoms. The Morgan fingerprint density at radius 1 is 1.39 bits per heavy atom. The lowest BCUT2D eigenvalue weighted by Gasteiger charge is -2.16. The first-order valence-corrected chi connectivity index (χ1v) is 6.19. The van der Waals surface area contributed by atoms with E-state index in [1.165, 1.54) is 19.1 Å². The Bertz CT molecular complexity index is 414. The molecule has 0 aliphatic carbocycles. The van der Waals surface area contributed by atoms with Gasteiger partial charge in [0.15, 0.2) is 0 Å². The zero-order chi connectivity index (χ0) is 13.7. The summed E-state index contributed by atoms with van der Waals surface area (Å²) >= 11 is 4.13. The van der Waals surface area contributed by atoms with Crippen molar-refractivity contribution in [3.8, 4) is 11.5 Å². The number of phenolic OH excluding ortho intramolecular Hbond substituents is 2. The van der Waals surface area contributed by atoms with E-state index in [0.717, 1.165) is 17.9 Å². The summed E-state index contributed by atoms with van der Waals surface area (Å²) in [6.07, 6.45) is 0. The number of anilines is 1. The number of nitrogens with zero attached hydrogens (tertiary/aromatic N) is 1. The van der Waals surface area contributed by atoms with Crippen molar-refractivity contribution in [2.45, 2.75) is 13.5 Å². The van der Waals surface area contributed by atoms with Gasteiger partial charge in [0.25, 0.3) is 0 Å². The topological polar surface area (TPSA) is 72.8 Å². The fourth-order valence-electron chi connectivity index (χ4n) is 1.63. The number of thiol groups is 1. The molecule has 0 bridgehead atoms. The maximum atomic E-state index is 10.9. The Balaban J connectivity index is 2.88. The van der Waals surface area contributed by atoms with E-state index < -0.39 is 0 Å². The Kier molecular flexibility index (Phi) is 5.30. The van der Waals surface area contributed by atoms with Crippen LogP contribution in [0.4, 0.5) is 5.69 Å². The third-order valence-corrected chi connectivity index (χ3v) is 2.59. The molecule has 0 heterocycles. The molecule has 0 fully saturated rings. The van der Waals surface area contributed by atoms with Gasteiger partial charge in [0, 0.05) is 25.8 Å². The lowest BCUT2D eigenvalue weighted by atomic mass is 10.1. The van der Waals surface area contributed by atoms with Crippen LogP contribution in [-0.4, -0.2) is 40.4 Å². The SMILES string of the molecule is CC(=O)Nc1c(O)cc(CN(C)CCS)cc1O. The number of carbonyl (C=O) groups excluding carboxylic acids is 1. The largest absolute Gasteiger partial charge is 0.506 e. The van der Waals surface area contributed by atoms with E-state index in [-0.39, 0.29) is 23.1 Å². The standard InChI is InChI=1S/C12H18N2O3S/c1-8(15)13-12-10(16)5-9(6-11(12)17)7-14(2)3-4-18/h5-6,16-18H,3-4,7H2,1-2H3,(H,13,15). The second kappa shape index (κ2) is 6.51. The maximum absolute atomic E-state index is 10.9. The molecule has 0 aromatic heterocycles. The third kappa shape index (κ3) is 4.12. The predicted octanol–water partition coefficient (Wildman–Crippen LogP) is 1.42. The van der Waals surface area contributed by atoms with Crippen molar-refractivity contribution in [2.24, 2.45) is 0 Å². The predicted molar refractivity (Wildman–Crippen MR) is 74.3 cm³/mol. The average Bonchev–Trinajstić information content (AvgIpc) is 2.23. The molecule has 1 amide bonds. The molecule has 1 aromatic rings. The first kappa shape index (κ1) is 14.7. The van der Waals surface area contributed by atoms with Crippen molar-refractivity contribution in [3.05, 3.63) is 17.7 Å². The maximum Gasteiger partial charge on any atom is 0.221 e. The summed E-state index contributed by atoms with van der Waals surface area (Å²) in [6.45, 7) is 2.70. The van der Waals surface area contributed by atoms with Crippen molar-refractivity contribution in [3.63, 3.8) is 0 Å². The summed E-state index contributed by atoms with van der Waals surface area (Å²) in [4.78, 5) is 12.9. The first-order valence-electron chi connectivity index (χ1n) is 5.56. The molecule has 0 saturated heterocycles. The van der Waals surface area contributed by atoms with Crippen LogP contribution in [0.3, 0.4) is 0 Å². The number of rotatable bonds is 5. The Hall–Kier alpha value is -1.40. The lowest BCUT2D eigenvalue weighted by Crippen LogP contribution is -2.20. The van der Waals surface area contributed by atoms with Crippen molar-refractivity contribution < 1.29 is 15.0 Å². The highest BCUT2D eigenvalue weighted by Gasteiger charge is 2.11. The highest BCUT2D eigenvalue weighted by Crippen LogP contribution is 2.34. The summed E-state index contributed by atoms with van der Waals surface area (Å²) in [5.74, 6) is 0.109. The monoisotopic (exact) mass is 270 g/mol. The van der Waals surface area contributed by atoms with Crippen LogP contribution in [0.1, 0.15) is 12.5 Å². The summed E-state index contributed by atoms with van der Waals surface area (Å²) in [5, 5.41) is 21.9. The van der Waals surface area contributed by atoms with Gasteiger partial charge in [0.2, 0.25) is 5.91 Å². The summed E-state index contributed by atoms with van der Waals surface area (Å²) < 4.78 is 0. The molecule has 0 unspecified atom stereocenters. The van der Waals surface area contributed by atoms with Crippen LogP contribution in [-0.2, 0) is 11.3 Å². The van der Waals surface area contributed by atoms with Gasteiger partial charge in [-0.15, -0.1) is 0 Å². The third-order valence-electron chi connectivity index (χ3n) is 2.39. The van der Waals surface area contributed by atoms with Crippen LogP contribution < -0.4 is 5.32 Å². The summed E-state index contributed by atoms with van der Waals surface area (Å²) in [7, 11) is 1.92. The summed E-state index contributed by atoms with van der Waals surface area (Å²) in [6, 6.07) is 3.06.